The van der Waals surface area contributed by atoms with E-state index in [-0.39, 0.29) is 5.69 Å². The van der Waals surface area contributed by atoms with Gasteiger partial charge in [-0.1, -0.05) is 73.7 Å². The lowest BCUT2D eigenvalue weighted by Crippen LogP contribution is -2.13. The maximum absolute atomic E-state index is 11.0. The van der Waals surface area contributed by atoms with Crippen molar-refractivity contribution in [3.05, 3.63) is 134 Å². The van der Waals surface area contributed by atoms with Gasteiger partial charge in [-0.05, 0) is 76.4 Å². The van der Waals surface area contributed by atoms with Crippen LogP contribution in [0.5, 0.6) is 5.75 Å². The summed E-state index contributed by atoms with van der Waals surface area (Å²) in [6.45, 7) is 3.29. The number of nitro groups is 1. The van der Waals surface area contributed by atoms with Gasteiger partial charge in [0.05, 0.1) is 4.92 Å². The van der Waals surface area contributed by atoms with Gasteiger partial charge >= 0.3 is 0 Å². The van der Waals surface area contributed by atoms with E-state index < -0.39 is 4.92 Å². The molecule has 0 radical (unpaired) electrons. The Morgan fingerprint density at radius 1 is 0.865 bits per heavy atom. The molecule has 0 spiro atoms. The zero-order valence-electron chi connectivity index (χ0n) is 20.9. The molecule has 1 heterocycles. The number of nitrogens with zero attached hydrogens (tertiary/aromatic N) is 1. The van der Waals surface area contributed by atoms with Crippen molar-refractivity contribution in [3.8, 4) is 5.75 Å². The van der Waals surface area contributed by atoms with Gasteiger partial charge in [-0.3, -0.25) is 10.1 Å². The second-order valence-corrected chi connectivity index (χ2v) is 9.23. The molecule has 5 nitrogen and oxygen atoms in total. The first-order valence-corrected chi connectivity index (χ1v) is 12.7. The molecule has 0 amide bonds. The van der Waals surface area contributed by atoms with Gasteiger partial charge in [0.1, 0.15) is 12.4 Å². The number of ether oxygens (including phenoxy) is 1. The van der Waals surface area contributed by atoms with E-state index >= 15 is 0 Å². The van der Waals surface area contributed by atoms with Crippen LogP contribution in [0.1, 0.15) is 40.3 Å². The molecule has 4 aromatic rings. The predicted molar refractivity (Wildman–Crippen MR) is 150 cm³/mol. The van der Waals surface area contributed by atoms with Crippen LogP contribution < -0.4 is 10.1 Å². The van der Waals surface area contributed by atoms with Crippen LogP contribution in [-0.2, 0) is 25.8 Å². The largest absolute Gasteiger partial charge is 0.489 e. The average Bonchev–Trinajstić information content (AvgIpc) is 2.93. The number of nitrogens with one attached hydrogen (secondary N) is 1. The van der Waals surface area contributed by atoms with E-state index in [9.17, 15) is 10.1 Å². The quantitative estimate of drug-likeness (QED) is 0.205. The van der Waals surface area contributed by atoms with E-state index in [1.165, 1.54) is 45.6 Å². The molecule has 1 aliphatic rings. The maximum Gasteiger partial charge on any atom is 0.269 e. The molecule has 0 atom stereocenters. The first kappa shape index (κ1) is 24.3. The molecule has 0 unspecified atom stereocenters. The van der Waals surface area contributed by atoms with Crippen LogP contribution in [0.4, 0.5) is 11.4 Å². The third-order valence-corrected chi connectivity index (χ3v) is 6.92. The third-order valence-electron chi connectivity index (χ3n) is 6.92. The number of non-ortho nitro benzene ring substituents is 1. The van der Waals surface area contributed by atoms with E-state index in [0.29, 0.717) is 12.4 Å². The summed E-state index contributed by atoms with van der Waals surface area (Å²) < 4.78 is 6.15. The number of anilines is 1. The van der Waals surface area contributed by atoms with Gasteiger partial charge in [-0.25, -0.2) is 0 Å². The number of fused-ring (bicyclic) bond motifs is 2. The topological polar surface area (TPSA) is 64.4 Å². The summed E-state index contributed by atoms with van der Waals surface area (Å²) >= 11 is 0. The van der Waals surface area contributed by atoms with Crippen LogP contribution >= 0.6 is 0 Å². The molecule has 5 rings (SSSR count). The molecule has 0 saturated carbocycles. The zero-order valence-corrected chi connectivity index (χ0v) is 20.9. The van der Waals surface area contributed by atoms with Crippen molar-refractivity contribution < 1.29 is 9.66 Å². The predicted octanol–water partition coefficient (Wildman–Crippen LogP) is 7.49. The van der Waals surface area contributed by atoms with E-state index in [2.05, 4.69) is 85.0 Å². The number of hydrogen-bond donors (Lipinski definition) is 1. The highest BCUT2D eigenvalue weighted by molar-refractivity contribution is 5.89. The van der Waals surface area contributed by atoms with Crippen LogP contribution in [0.3, 0.4) is 0 Å². The molecule has 0 saturated heterocycles. The van der Waals surface area contributed by atoms with Gasteiger partial charge in [-0.15, -0.1) is 0 Å². The molecule has 0 bridgehead atoms. The van der Waals surface area contributed by atoms with Crippen molar-refractivity contribution in [2.75, 3.05) is 11.9 Å². The van der Waals surface area contributed by atoms with Crippen LogP contribution in [-0.4, -0.2) is 11.5 Å². The third kappa shape index (κ3) is 5.56. The lowest BCUT2D eigenvalue weighted by atomic mass is 9.90. The average molecular weight is 491 g/mol. The number of para-hydroxylation sites is 1. The summed E-state index contributed by atoms with van der Waals surface area (Å²) in [7, 11) is 0. The Bertz CT molecular complexity index is 1430. The van der Waals surface area contributed by atoms with Gasteiger partial charge in [0.2, 0.25) is 0 Å². The molecule has 37 heavy (non-hydrogen) atoms. The summed E-state index contributed by atoms with van der Waals surface area (Å²) in [5, 5.41) is 14.8. The number of hydrogen-bond acceptors (Lipinski definition) is 4. The molecular formula is C32H30N2O3. The summed E-state index contributed by atoms with van der Waals surface area (Å²) in [5.74, 6) is 0.608. The van der Waals surface area contributed by atoms with Crippen molar-refractivity contribution in [2.24, 2.45) is 0 Å². The van der Waals surface area contributed by atoms with Crippen molar-refractivity contribution >= 4 is 23.0 Å². The van der Waals surface area contributed by atoms with Gasteiger partial charge < -0.3 is 10.1 Å². The standard InChI is InChI=1S/C32H30N2O3/c1-2-24-10-7-13-30-27(22-37-29-18-16-28(17-19-29)34(35)36)20-26-12-6-11-25(32(26)33-21-31(24)30)15-14-23-8-4-3-5-9-23/h3-13,16-20,33H,2,14-15,21-22H2,1H3/b27-20-. The van der Waals surface area contributed by atoms with Crippen molar-refractivity contribution in [3.63, 3.8) is 0 Å². The summed E-state index contributed by atoms with van der Waals surface area (Å²) in [5.41, 5.74) is 9.86. The van der Waals surface area contributed by atoms with Crippen molar-refractivity contribution in [1.82, 2.24) is 0 Å². The molecule has 0 aromatic heterocycles. The highest BCUT2D eigenvalue weighted by atomic mass is 16.6. The second-order valence-electron chi connectivity index (χ2n) is 9.23. The molecule has 5 heteroatoms. The fourth-order valence-electron chi connectivity index (χ4n) is 4.95. The summed E-state index contributed by atoms with van der Waals surface area (Å²) in [6.07, 6.45) is 5.10. The Hall–Kier alpha value is -4.38. The minimum atomic E-state index is -0.400. The number of aryl methyl sites for hydroxylation is 3. The summed E-state index contributed by atoms with van der Waals surface area (Å²) in [4.78, 5) is 10.6. The Labute approximate surface area is 217 Å². The van der Waals surface area contributed by atoms with Gasteiger partial charge in [0, 0.05) is 24.4 Å². The normalized spacial score (nSPS) is 13.7. The van der Waals surface area contributed by atoms with E-state index in [4.69, 9.17) is 4.74 Å². The Balaban J connectivity index is 1.49. The second kappa shape index (κ2) is 11.1. The van der Waals surface area contributed by atoms with Crippen LogP contribution in [0.25, 0.3) is 11.6 Å². The minimum Gasteiger partial charge on any atom is -0.489 e. The lowest BCUT2D eigenvalue weighted by Gasteiger charge is -2.24. The number of rotatable bonds is 8. The fraction of sp³-hybridized carbons (Fsp3) is 0.188. The summed E-state index contributed by atoms with van der Waals surface area (Å²) in [6, 6.07) is 29.8. The van der Waals surface area contributed by atoms with Crippen LogP contribution in [0.15, 0.2) is 91.0 Å². The lowest BCUT2D eigenvalue weighted by molar-refractivity contribution is -0.384. The first-order chi connectivity index (χ1) is 18.1. The molecule has 4 aromatic carbocycles. The van der Waals surface area contributed by atoms with Crippen molar-refractivity contribution in [2.45, 2.75) is 32.7 Å². The molecule has 186 valence electrons. The molecular weight excluding hydrogens is 460 g/mol. The number of benzene rings is 4. The Morgan fingerprint density at radius 2 is 1.62 bits per heavy atom. The van der Waals surface area contributed by atoms with Gasteiger partial charge in [-0.2, -0.15) is 0 Å². The van der Waals surface area contributed by atoms with E-state index in [0.717, 1.165) is 36.9 Å². The first-order valence-electron chi connectivity index (χ1n) is 12.7. The van der Waals surface area contributed by atoms with Crippen LogP contribution in [0.2, 0.25) is 0 Å². The number of nitro benzene ring substituents is 1. The fourth-order valence-corrected chi connectivity index (χ4v) is 4.95. The Morgan fingerprint density at radius 3 is 2.38 bits per heavy atom. The van der Waals surface area contributed by atoms with Crippen molar-refractivity contribution in [1.29, 1.82) is 0 Å². The van der Waals surface area contributed by atoms with Crippen LogP contribution in [0, 0.1) is 10.1 Å². The molecule has 0 fully saturated rings. The minimum absolute atomic E-state index is 0.0542. The van der Waals surface area contributed by atoms with E-state index in [1.807, 2.05) is 0 Å². The van der Waals surface area contributed by atoms with Gasteiger partial charge in [0.25, 0.3) is 5.69 Å². The highest BCUT2D eigenvalue weighted by Gasteiger charge is 2.18. The zero-order chi connectivity index (χ0) is 25.6. The Kier molecular flexibility index (Phi) is 7.31. The smallest absolute Gasteiger partial charge is 0.269 e. The molecule has 0 aliphatic carbocycles. The highest BCUT2D eigenvalue weighted by Crippen LogP contribution is 2.34. The molecule has 1 N–H and O–H groups in total. The van der Waals surface area contributed by atoms with E-state index in [1.54, 1.807) is 12.1 Å². The SMILES string of the molecule is CCc1cccc2c1CNc1c(cccc1CCc1ccccc1)/C=C\2COc1ccc([N+](=O)[O-])cc1. The maximum atomic E-state index is 11.0. The molecule has 1 aliphatic heterocycles. The van der Waals surface area contributed by atoms with Gasteiger partial charge in [0.15, 0.2) is 0 Å². The monoisotopic (exact) mass is 490 g/mol.